The summed E-state index contributed by atoms with van der Waals surface area (Å²) in [6.45, 7) is 1.09. The van der Waals surface area contributed by atoms with Crippen LogP contribution in [0.5, 0.6) is 11.5 Å². The molecule has 6 nitrogen and oxygen atoms in total. The molecule has 6 atom stereocenters. The maximum absolute atomic E-state index is 14.0. The molecule has 5 aliphatic rings. The first-order chi connectivity index (χ1) is 12.9. The van der Waals surface area contributed by atoms with Crippen molar-refractivity contribution in [3.8, 4) is 11.5 Å². The SMILES string of the molecule is [O-][N@+]1(CC2CC2)CC[C@]23c4c5ccc(O)c4O[C@H]2[C@@H](CO)CCC3(O)[C@H]1C5. The first-order valence-corrected chi connectivity index (χ1v) is 10.4. The van der Waals surface area contributed by atoms with Crippen LogP contribution in [-0.4, -0.2) is 57.4 Å². The minimum Gasteiger partial charge on any atom is -0.632 e. The number of likely N-dealkylation sites (tertiary alicyclic amines) is 1. The normalized spacial score (nSPS) is 46.7. The number of aliphatic hydroxyl groups is 2. The van der Waals surface area contributed by atoms with E-state index in [2.05, 4.69) is 0 Å². The molecule has 0 amide bonds. The van der Waals surface area contributed by atoms with Gasteiger partial charge in [-0.1, -0.05) is 6.07 Å². The summed E-state index contributed by atoms with van der Waals surface area (Å²) in [4.78, 5) is 0. The second kappa shape index (κ2) is 4.98. The molecule has 2 heterocycles. The van der Waals surface area contributed by atoms with E-state index in [1.54, 1.807) is 6.07 Å². The van der Waals surface area contributed by atoms with Crippen molar-refractivity contribution >= 4 is 0 Å². The molecule has 6 heteroatoms. The van der Waals surface area contributed by atoms with Crippen molar-refractivity contribution in [1.29, 1.82) is 0 Å². The van der Waals surface area contributed by atoms with E-state index < -0.39 is 11.0 Å². The van der Waals surface area contributed by atoms with Gasteiger partial charge in [0.05, 0.1) is 18.5 Å². The lowest BCUT2D eigenvalue weighted by Crippen LogP contribution is -2.80. The summed E-state index contributed by atoms with van der Waals surface area (Å²) < 4.78 is 5.96. The summed E-state index contributed by atoms with van der Waals surface area (Å²) >= 11 is 0. The molecule has 1 aromatic carbocycles. The van der Waals surface area contributed by atoms with Gasteiger partial charge in [0.15, 0.2) is 11.5 Å². The van der Waals surface area contributed by atoms with Crippen LogP contribution in [0.25, 0.3) is 0 Å². The molecule has 3 N–H and O–H groups in total. The fourth-order valence-electron chi connectivity index (χ4n) is 7.05. The van der Waals surface area contributed by atoms with E-state index in [9.17, 15) is 20.5 Å². The third-order valence-electron chi connectivity index (χ3n) is 8.41. The zero-order valence-corrected chi connectivity index (χ0v) is 15.4. The highest BCUT2D eigenvalue weighted by atomic mass is 16.6. The van der Waals surface area contributed by atoms with Gasteiger partial charge >= 0.3 is 0 Å². The lowest BCUT2D eigenvalue weighted by Gasteiger charge is -2.68. The second-order valence-electron chi connectivity index (χ2n) is 9.64. The summed E-state index contributed by atoms with van der Waals surface area (Å²) in [5, 5.41) is 46.5. The molecule has 146 valence electrons. The van der Waals surface area contributed by atoms with Crippen LogP contribution in [0.4, 0.5) is 0 Å². The van der Waals surface area contributed by atoms with Crippen LogP contribution >= 0.6 is 0 Å². The van der Waals surface area contributed by atoms with Crippen LogP contribution in [-0.2, 0) is 11.8 Å². The number of phenolic OH excluding ortho intramolecular Hbond substituents is 1. The Morgan fingerprint density at radius 3 is 2.78 bits per heavy atom. The van der Waals surface area contributed by atoms with Crippen LogP contribution in [0.2, 0.25) is 0 Å². The Balaban J connectivity index is 1.58. The molecule has 3 fully saturated rings. The molecule has 6 rings (SSSR count). The van der Waals surface area contributed by atoms with E-state index in [0.717, 1.165) is 24.0 Å². The Morgan fingerprint density at radius 2 is 2.04 bits per heavy atom. The van der Waals surface area contributed by atoms with Crippen LogP contribution in [0.15, 0.2) is 12.1 Å². The predicted octanol–water partition coefficient (Wildman–Crippen LogP) is 1.58. The number of phenols is 1. The number of quaternary nitrogens is 1. The van der Waals surface area contributed by atoms with Crippen molar-refractivity contribution in [2.75, 3.05) is 19.7 Å². The minimum atomic E-state index is -1.13. The number of aliphatic hydroxyl groups excluding tert-OH is 1. The standard InChI is InChI=1S/C21H27NO5/c23-11-14-5-6-21(25)16-9-13-3-4-15(24)18-17(13)20(21,19(14)27-18)7-8-22(16,26)10-12-1-2-12/h3-4,12,14,16,19,23-25H,1-2,5-11H2/t14-,16-,19+,20+,21?,22+/m1/s1. The van der Waals surface area contributed by atoms with Gasteiger partial charge in [-0.05, 0) is 37.3 Å². The van der Waals surface area contributed by atoms with Gasteiger partial charge in [0.25, 0.3) is 0 Å². The lowest BCUT2D eigenvalue weighted by atomic mass is 9.47. The third-order valence-corrected chi connectivity index (χ3v) is 8.41. The Bertz CT molecular complexity index is 825. The van der Waals surface area contributed by atoms with E-state index in [1.807, 2.05) is 6.07 Å². The van der Waals surface area contributed by atoms with Gasteiger partial charge in [-0.15, -0.1) is 0 Å². The maximum atomic E-state index is 14.0. The molecule has 1 spiro atoms. The summed E-state index contributed by atoms with van der Waals surface area (Å²) in [7, 11) is 0. The number of hydrogen-bond acceptors (Lipinski definition) is 5. The average molecular weight is 373 g/mol. The molecule has 1 unspecified atom stereocenters. The number of nitrogens with zero attached hydrogens (tertiary/aromatic N) is 1. The Hall–Kier alpha value is -1.34. The molecular weight excluding hydrogens is 346 g/mol. The van der Waals surface area contributed by atoms with Crippen LogP contribution in [0, 0.1) is 17.0 Å². The van der Waals surface area contributed by atoms with Gasteiger partial charge in [0.1, 0.15) is 17.7 Å². The zero-order valence-electron chi connectivity index (χ0n) is 15.4. The molecule has 3 aliphatic carbocycles. The summed E-state index contributed by atoms with van der Waals surface area (Å²) in [6, 6.07) is 3.17. The molecule has 0 radical (unpaired) electrons. The highest BCUT2D eigenvalue weighted by molar-refractivity contribution is 5.62. The number of aromatic hydroxyl groups is 1. The highest BCUT2D eigenvalue weighted by Gasteiger charge is 2.75. The maximum Gasteiger partial charge on any atom is 0.165 e. The first-order valence-electron chi connectivity index (χ1n) is 10.4. The number of benzene rings is 1. The largest absolute Gasteiger partial charge is 0.632 e. The summed E-state index contributed by atoms with van der Waals surface area (Å²) in [5.74, 6) is 0.990. The van der Waals surface area contributed by atoms with E-state index >= 15 is 0 Å². The molecule has 1 saturated heterocycles. The van der Waals surface area contributed by atoms with Gasteiger partial charge in [-0.25, -0.2) is 0 Å². The minimum absolute atomic E-state index is 0.00328. The van der Waals surface area contributed by atoms with Crippen molar-refractivity contribution in [2.45, 2.75) is 61.7 Å². The van der Waals surface area contributed by atoms with Gasteiger partial charge in [-0.2, -0.15) is 0 Å². The van der Waals surface area contributed by atoms with Crippen molar-refractivity contribution in [3.63, 3.8) is 0 Å². The molecule has 1 aromatic rings. The van der Waals surface area contributed by atoms with Gasteiger partial charge in [0, 0.05) is 36.8 Å². The number of hydroxylamine groups is 3. The number of ether oxygens (including phenoxy) is 1. The average Bonchev–Trinajstić information content (AvgIpc) is 3.37. The third kappa shape index (κ3) is 1.81. The van der Waals surface area contributed by atoms with Crippen LogP contribution in [0.3, 0.4) is 0 Å². The van der Waals surface area contributed by atoms with Gasteiger partial charge < -0.3 is 29.9 Å². The van der Waals surface area contributed by atoms with E-state index in [1.165, 1.54) is 0 Å². The highest BCUT2D eigenvalue weighted by Crippen LogP contribution is 2.67. The monoisotopic (exact) mass is 373 g/mol. The molecule has 2 bridgehead atoms. The first kappa shape index (κ1) is 16.6. The zero-order chi connectivity index (χ0) is 18.6. The van der Waals surface area contributed by atoms with E-state index in [-0.39, 0.29) is 35.1 Å². The van der Waals surface area contributed by atoms with Gasteiger partial charge in [0.2, 0.25) is 0 Å². The molecule has 27 heavy (non-hydrogen) atoms. The van der Waals surface area contributed by atoms with Crippen molar-refractivity contribution in [2.24, 2.45) is 11.8 Å². The smallest absolute Gasteiger partial charge is 0.165 e. The molecular formula is C21H27NO5. The number of hydrogen-bond donors (Lipinski definition) is 3. The molecule has 0 aromatic heterocycles. The Kier molecular flexibility index (Phi) is 3.06. The number of rotatable bonds is 3. The molecule has 2 aliphatic heterocycles. The summed E-state index contributed by atoms with van der Waals surface area (Å²) in [5.41, 5.74) is 0.139. The van der Waals surface area contributed by atoms with E-state index in [0.29, 0.717) is 50.4 Å². The fourth-order valence-corrected chi connectivity index (χ4v) is 7.05. The summed E-state index contributed by atoms with van der Waals surface area (Å²) in [6.07, 6.45) is 4.14. The fraction of sp³-hybridized carbons (Fsp3) is 0.714. The lowest BCUT2D eigenvalue weighted by molar-refractivity contribution is -0.924. The van der Waals surface area contributed by atoms with Crippen LogP contribution in [0.1, 0.15) is 43.2 Å². The predicted molar refractivity (Wildman–Crippen MR) is 97.2 cm³/mol. The topological polar surface area (TPSA) is 93.0 Å². The number of piperidine rings is 1. The quantitative estimate of drug-likeness (QED) is 0.553. The van der Waals surface area contributed by atoms with E-state index in [4.69, 9.17) is 4.74 Å². The van der Waals surface area contributed by atoms with Crippen molar-refractivity contribution < 1.29 is 24.7 Å². The van der Waals surface area contributed by atoms with Gasteiger partial charge in [-0.3, -0.25) is 0 Å². The van der Waals surface area contributed by atoms with Crippen molar-refractivity contribution in [1.82, 2.24) is 0 Å². The second-order valence-corrected chi connectivity index (χ2v) is 9.64. The Labute approximate surface area is 158 Å². The molecule has 2 saturated carbocycles. The van der Waals surface area contributed by atoms with Crippen LogP contribution < -0.4 is 4.74 Å². The Morgan fingerprint density at radius 1 is 1.22 bits per heavy atom. The van der Waals surface area contributed by atoms with Crippen molar-refractivity contribution in [3.05, 3.63) is 28.5 Å².